The summed E-state index contributed by atoms with van der Waals surface area (Å²) >= 11 is 1.76. The Morgan fingerprint density at radius 1 is 1.17 bits per heavy atom. The van der Waals surface area contributed by atoms with E-state index in [1.54, 1.807) is 11.3 Å². The minimum atomic E-state index is 0.597. The van der Waals surface area contributed by atoms with Crippen LogP contribution < -0.4 is 15.5 Å². The molecule has 1 aliphatic rings. The standard InChI is InChI=1S/C22H30N6S/c1-3-24-22-26-19-16(2)15-29-20(19)21(27-22)28-13-8-18(9-14-28)25-10-4-5-17-6-11-23-12-7-17/h6-7,11-12,15,18,25H,3-5,8-10,13-14H2,1-2H3,(H,24,26,27). The summed E-state index contributed by atoms with van der Waals surface area (Å²) in [6.07, 6.45) is 8.33. The van der Waals surface area contributed by atoms with Gasteiger partial charge in [-0.25, -0.2) is 4.98 Å². The first kappa shape index (κ1) is 20.0. The monoisotopic (exact) mass is 410 g/mol. The van der Waals surface area contributed by atoms with Crippen molar-refractivity contribution >= 4 is 33.3 Å². The summed E-state index contributed by atoms with van der Waals surface area (Å²) in [5.74, 6) is 1.84. The zero-order valence-electron chi connectivity index (χ0n) is 17.3. The van der Waals surface area contributed by atoms with Crippen molar-refractivity contribution in [3.63, 3.8) is 0 Å². The molecule has 1 fully saturated rings. The number of nitrogens with one attached hydrogen (secondary N) is 2. The first-order valence-corrected chi connectivity index (χ1v) is 11.5. The number of nitrogens with zero attached hydrogens (tertiary/aromatic N) is 4. The Kier molecular flexibility index (Phi) is 6.56. The van der Waals surface area contributed by atoms with Crippen LogP contribution in [-0.2, 0) is 6.42 Å². The van der Waals surface area contributed by atoms with Gasteiger partial charge >= 0.3 is 0 Å². The van der Waals surface area contributed by atoms with Crippen molar-refractivity contribution in [3.8, 4) is 0 Å². The number of aromatic nitrogens is 3. The zero-order chi connectivity index (χ0) is 20.1. The minimum absolute atomic E-state index is 0.597. The lowest BCUT2D eigenvalue weighted by Gasteiger charge is -2.33. The SMILES string of the molecule is CCNc1nc(N2CCC(NCCCc3ccncc3)CC2)c2scc(C)c2n1. The van der Waals surface area contributed by atoms with E-state index < -0.39 is 0 Å². The van der Waals surface area contributed by atoms with Gasteiger partial charge < -0.3 is 15.5 Å². The molecule has 1 aliphatic heterocycles. The van der Waals surface area contributed by atoms with Crippen LogP contribution in [0.15, 0.2) is 29.9 Å². The van der Waals surface area contributed by atoms with Gasteiger partial charge in [0.2, 0.25) is 5.95 Å². The number of fused-ring (bicyclic) bond motifs is 1. The maximum atomic E-state index is 4.85. The van der Waals surface area contributed by atoms with Gasteiger partial charge in [0.25, 0.3) is 0 Å². The third-order valence-corrected chi connectivity index (χ3v) is 6.61. The van der Waals surface area contributed by atoms with E-state index in [-0.39, 0.29) is 0 Å². The van der Waals surface area contributed by atoms with E-state index in [0.29, 0.717) is 6.04 Å². The normalized spacial score (nSPS) is 15.2. The Morgan fingerprint density at radius 2 is 1.97 bits per heavy atom. The van der Waals surface area contributed by atoms with Crippen molar-refractivity contribution in [3.05, 3.63) is 41.0 Å². The Morgan fingerprint density at radius 3 is 2.72 bits per heavy atom. The lowest BCUT2D eigenvalue weighted by molar-refractivity contribution is 0.412. The molecule has 4 rings (SSSR count). The van der Waals surface area contributed by atoms with Crippen LogP contribution in [0.4, 0.5) is 11.8 Å². The fourth-order valence-corrected chi connectivity index (χ4v) is 4.92. The van der Waals surface area contributed by atoms with Gasteiger partial charge in [0.05, 0.1) is 10.2 Å². The molecule has 0 saturated carbocycles. The molecule has 0 aliphatic carbocycles. The van der Waals surface area contributed by atoms with Crippen LogP contribution in [-0.4, -0.2) is 47.2 Å². The second-order valence-electron chi connectivity index (χ2n) is 7.67. The van der Waals surface area contributed by atoms with Crippen molar-refractivity contribution < 1.29 is 0 Å². The van der Waals surface area contributed by atoms with Crippen molar-refractivity contribution in [2.75, 3.05) is 36.4 Å². The van der Waals surface area contributed by atoms with Crippen LogP contribution in [0.2, 0.25) is 0 Å². The zero-order valence-corrected chi connectivity index (χ0v) is 18.1. The van der Waals surface area contributed by atoms with Crippen LogP contribution in [0.5, 0.6) is 0 Å². The number of thiophene rings is 1. The average molecular weight is 411 g/mol. The molecule has 1 saturated heterocycles. The smallest absolute Gasteiger partial charge is 0.225 e. The molecule has 2 N–H and O–H groups in total. The Balaban J connectivity index is 1.32. The predicted octanol–water partition coefficient (Wildman–Crippen LogP) is 4.02. The summed E-state index contributed by atoms with van der Waals surface area (Å²) in [5.41, 5.74) is 3.69. The molecule has 0 radical (unpaired) electrons. The van der Waals surface area contributed by atoms with E-state index in [1.807, 2.05) is 12.4 Å². The van der Waals surface area contributed by atoms with Gasteiger partial charge in [-0.15, -0.1) is 11.3 Å². The number of piperidine rings is 1. The number of anilines is 2. The van der Waals surface area contributed by atoms with E-state index in [2.05, 4.69) is 51.9 Å². The molecule has 0 amide bonds. The van der Waals surface area contributed by atoms with E-state index in [4.69, 9.17) is 9.97 Å². The van der Waals surface area contributed by atoms with Crippen LogP contribution in [0, 0.1) is 6.92 Å². The predicted molar refractivity (Wildman–Crippen MR) is 122 cm³/mol. The van der Waals surface area contributed by atoms with Gasteiger partial charge in [0.15, 0.2) is 5.82 Å². The van der Waals surface area contributed by atoms with E-state index in [9.17, 15) is 0 Å². The molecule has 7 heteroatoms. The summed E-state index contributed by atoms with van der Waals surface area (Å²) in [6, 6.07) is 4.81. The molecule has 0 aromatic carbocycles. The van der Waals surface area contributed by atoms with Crippen molar-refractivity contribution in [2.24, 2.45) is 0 Å². The number of rotatable bonds is 8. The molecule has 4 heterocycles. The fourth-order valence-electron chi connectivity index (χ4n) is 3.91. The van der Waals surface area contributed by atoms with Crippen LogP contribution in [0.1, 0.15) is 37.3 Å². The quantitative estimate of drug-likeness (QED) is 0.547. The van der Waals surface area contributed by atoms with Gasteiger partial charge in [-0.3, -0.25) is 4.98 Å². The average Bonchev–Trinajstić information content (AvgIpc) is 3.13. The Bertz CT molecular complexity index is 918. The van der Waals surface area contributed by atoms with Crippen LogP contribution >= 0.6 is 11.3 Å². The first-order chi connectivity index (χ1) is 14.2. The maximum Gasteiger partial charge on any atom is 0.225 e. The highest BCUT2D eigenvalue weighted by Crippen LogP contribution is 2.34. The number of pyridine rings is 1. The second kappa shape index (κ2) is 9.50. The fraction of sp³-hybridized carbons (Fsp3) is 0.500. The molecule has 6 nitrogen and oxygen atoms in total. The maximum absolute atomic E-state index is 4.85. The van der Waals surface area contributed by atoms with Gasteiger partial charge in [0.1, 0.15) is 0 Å². The Hall–Kier alpha value is -2.25. The van der Waals surface area contributed by atoms with E-state index >= 15 is 0 Å². The molecular weight excluding hydrogens is 380 g/mol. The molecule has 0 atom stereocenters. The third-order valence-electron chi connectivity index (χ3n) is 5.53. The largest absolute Gasteiger partial charge is 0.355 e. The molecular formula is C22H30N6S. The third kappa shape index (κ3) is 4.85. The highest BCUT2D eigenvalue weighted by atomic mass is 32.1. The van der Waals surface area contributed by atoms with Gasteiger partial charge in [-0.05, 0) is 74.7 Å². The number of hydrogen-bond donors (Lipinski definition) is 2. The first-order valence-electron chi connectivity index (χ1n) is 10.6. The van der Waals surface area contributed by atoms with Gasteiger partial charge in [-0.1, -0.05) is 0 Å². The van der Waals surface area contributed by atoms with Gasteiger partial charge in [0, 0.05) is 38.1 Å². The minimum Gasteiger partial charge on any atom is -0.355 e. The van der Waals surface area contributed by atoms with Crippen LogP contribution in [0.25, 0.3) is 10.2 Å². The molecule has 0 spiro atoms. The summed E-state index contributed by atoms with van der Waals surface area (Å²) < 4.78 is 1.22. The molecule has 3 aromatic heterocycles. The topological polar surface area (TPSA) is 66.0 Å². The van der Waals surface area contributed by atoms with Gasteiger partial charge in [-0.2, -0.15) is 4.98 Å². The van der Waals surface area contributed by atoms with Crippen molar-refractivity contribution in [1.29, 1.82) is 0 Å². The molecule has 29 heavy (non-hydrogen) atoms. The molecule has 0 unspecified atom stereocenters. The lowest BCUT2D eigenvalue weighted by Crippen LogP contribution is -2.43. The number of hydrogen-bond acceptors (Lipinski definition) is 7. The summed E-state index contributed by atoms with van der Waals surface area (Å²) in [5, 5.41) is 9.23. The second-order valence-corrected chi connectivity index (χ2v) is 8.55. The molecule has 0 bridgehead atoms. The van der Waals surface area contributed by atoms with Crippen LogP contribution in [0.3, 0.4) is 0 Å². The lowest BCUT2D eigenvalue weighted by atomic mass is 10.0. The van der Waals surface area contributed by atoms with E-state index in [0.717, 1.165) is 69.1 Å². The highest BCUT2D eigenvalue weighted by Gasteiger charge is 2.23. The summed E-state index contributed by atoms with van der Waals surface area (Å²) in [7, 11) is 0. The summed E-state index contributed by atoms with van der Waals surface area (Å²) in [4.78, 5) is 16.1. The van der Waals surface area contributed by atoms with Crippen molar-refractivity contribution in [1.82, 2.24) is 20.3 Å². The number of aryl methyl sites for hydroxylation is 2. The Labute approximate surface area is 176 Å². The molecule has 3 aromatic rings. The van der Waals surface area contributed by atoms with Crippen molar-refractivity contribution in [2.45, 2.75) is 45.6 Å². The summed E-state index contributed by atoms with van der Waals surface area (Å²) in [6.45, 7) is 8.19. The highest BCUT2D eigenvalue weighted by molar-refractivity contribution is 7.18. The molecule has 154 valence electrons. The van der Waals surface area contributed by atoms with E-state index in [1.165, 1.54) is 15.8 Å².